The number of nitrogens with zero attached hydrogens (tertiary/aromatic N) is 2. The third-order valence-corrected chi connectivity index (χ3v) is 7.77. The van der Waals surface area contributed by atoms with Crippen molar-refractivity contribution in [1.82, 2.24) is 14.6 Å². The van der Waals surface area contributed by atoms with Crippen molar-refractivity contribution >= 4 is 32.4 Å². The van der Waals surface area contributed by atoms with Gasteiger partial charge in [0.15, 0.2) is 5.13 Å². The minimum absolute atomic E-state index is 0.0495. The minimum Gasteiger partial charge on any atom is -0.298 e. The van der Waals surface area contributed by atoms with Crippen LogP contribution in [0.5, 0.6) is 0 Å². The lowest BCUT2D eigenvalue weighted by molar-refractivity contribution is 0.102. The van der Waals surface area contributed by atoms with Gasteiger partial charge in [0.05, 0.1) is 10.6 Å². The maximum atomic E-state index is 12.5. The summed E-state index contributed by atoms with van der Waals surface area (Å²) >= 11 is 1.41. The number of piperidine rings is 1. The number of carbonyl (C=O) groups is 1. The van der Waals surface area contributed by atoms with Crippen LogP contribution < -0.4 is 10.0 Å². The van der Waals surface area contributed by atoms with E-state index in [4.69, 9.17) is 0 Å². The Morgan fingerprint density at radius 1 is 1.17 bits per heavy atom. The fourth-order valence-corrected chi connectivity index (χ4v) is 6.03. The number of thiazole rings is 1. The summed E-state index contributed by atoms with van der Waals surface area (Å²) in [5.41, 5.74) is 1.36. The molecule has 1 saturated carbocycles. The zero-order chi connectivity index (χ0) is 21.3. The predicted molar refractivity (Wildman–Crippen MR) is 118 cm³/mol. The topological polar surface area (TPSA) is 91.4 Å². The Morgan fingerprint density at radius 3 is 2.47 bits per heavy atom. The summed E-state index contributed by atoms with van der Waals surface area (Å²) < 4.78 is 27.1. The van der Waals surface area contributed by atoms with Crippen LogP contribution in [0.25, 0.3) is 0 Å². The van der Waals surface area contributed by atoms with E-state index in [-0.39, 0.29) is 16.8 Å². The molecule has 2 atom stereocenters. The zero-order valence-corrected chi connectivity index (χ0v) is 18.9. The quantitative estimate of drug-likeness (QED) is 0.678. The molecule has 2 heterocycles. The Kier molecular flexibility index (Phi) is 6.24. The standard InChI is InChI=1S/C21H28N4O3S2/c1-14-9-15(2)11-25(10-14)12-18-13-29-21(22-18)23-20(26)16-3-7-19(8-4-16)30(27,28)24-17-5-6-17/h3-4,7-8,13-15,17,24H,5-6,9-12H2,1-2H3,(H,22,23,26). The lowest BCUT2D eigenvalue weighted by Gasteiger charge is -2.34. The number of anilines is 1. The van der Waals surface area contributed by atoms with Crippen molar-refractivity contribution in [2.75, 3.05) is 18.4 Å². The molecule has 0 radical (unpaired) electrons. The van der Waals surface area contributed by atoms with Crippen LogP contribution in [0, 0.1) is 11.8 Å². The van der Waals surface area contributed by atoms with Gasteiger partial charge in [-0.25, -0.2) is 18.1 Å². The first-order valence-electron chi connectivity index (χ1n) is 10.4. The summed E-state index contributed by atoms with van der Waals surface area (Å²) in [7, 11) is -3.51. The molecule has 0 spiro atoms. The fourth-order valence-electron chi connectivity index (χ4n) is 4.03. The summed E-state index contributed by atoms with van der Waals surface area (Å²) in [5.74, 6) is 1.09. The van der Waals surface area contributed by atoms with Crippen molar-refractivity contribution < 1.29 is 13.2 Å². The van der Waals surface area contributed by atoms with E-state index in [9.17, 15) is 13.2 Å². The molecule has 30 heavy (non-hydrogen) atoms. The minimum atomic E-state index is -3.51. The van der Waals surface area contributed by atoms with E-state index in [0.29, 0.717) is 22.5 Å². The molecule has 1 aromatic heterocycles. The van der Waals surface area contributed by atoms with Crippen molar-refractivity contribution in [2.45, 2.75) is 50.6 Å². The molecule has 1 aromatic carbocycles. The average Bonchev–Trinajstić information content (AvgIpc) is 3.37. The molecule has 2 aliphatic rings. The smallest absolute Gasteiger partial charge is 0.257 e. The maximum absolute atomic E-state index is 12.5. The van der Waals surface area contributed by atoms with Crippen LogP contribution in [-0.2, 0) is 16.6 Å². The molecule has 2 aromatic rings. The van der Waals surface area contributed by atoms with Crippen LogP contribution in [0.3, 0.4) is 0 Å². The first-order valence-corrected chi connectivity index (χ1v) is 12.8. The normalized spacial score (nSPS) is 22.7. The van der Waals surface area contributed by atoms with Crippen LogP contribution in [0.2, 0.25) is 0 Å². The number of aromatic nitrogens is 1. The molecule has 162 valence electrons. The van der Waals surface area contributed by atoms with Gasteiger partial charge in [-0.05, 0) is 55.4 Å². The van der Waals surface area contributed by atoms with Crippen LogP contribution in [0.1, 0.15) is 49.2 Å². The van der Waals surface area contributed by atoms with E-state index in [1.54, 1.807) is 0 Å². The van der Waals surface area contributed by atoms with Gasteiger partial charge in [0.1, 0.15) is 0 Å². The van der Waals surface area contributed by atoms with E-state index < -0.39 is 10.0 Å². The summed E-state index contributed by atoms with van der Waals surface area (Å²) in [6, 6.07) is 6.04. The number of rotatable bonds is 7. The average molecular weight is 449 g/mol. The van der Waals surface area contributed by atoms with Crippen molar-refractivity contribution in [1.29, 1.82) is 0 Å². The van der Waals surface area contributed by atoms with Crippen molar-refractivity contribution in [3.63, 3.8) is 0 Å². The van der Waals surface area contributed by atoms with Gasteiger partial charge in [-0.1, -0.05) is 13.8 Å². The van der Waals surface area contributed by atoms with E-state index in [1.807, 2.05) is 5.38 Å². The molecule has 0 bridgehead atoms. The molecular formula is C21H28N4O3S2. The number of hydrogen-bond acceptors (Lipinski definition) is 6. The number of nitrogens with one attached hydrogen (secondary N) is 2. The highest BCUT2D eigenvalue weighted by atomic mass is 32.2. The van der Waals surface area contributed by atoms with Gasteiger partial charge in [-0.3, -0.25) is 15.0 Å². The Hall–Kier alpha value is -1.81. The Labute approximate surface area is 181 Å². The van der Waals surface area contributed by atoms with Gasteiger partial charge < -0.3 is 0 Å². The molecule has 2 unspecified atom stereocenters. The third kappa shape index (κ3) is 5.46. The SMILES string of the molecule is CC1CC(C)CN(Cc2csc(NC(=O)c3ccc(S(=O)(=O)NC4CC4)cc3)n2)C1. The van der Waals surface area contributed by atoms with Crippen molar-refractivity contribution in [3.05, 3.63) is 40.9 Å². The lowest BCUT2D eigenvalue weighted by Crippen LogP contribution is -2.38. The fraction of sp³-hybridized carbons (Fsp3) is 0.524. The summed E-state index contributed by atoms with van der Waals surface area (Å²) in [5, 5.41) is 5.36. The number of sulfonamides is 1. The molecule has 7 nitrogen and oxygen atoms in total. The maximum Gasteiger partial charge on any atom is 0.257 e. The molecule has 1 amide bonds. The van der Waals surface area contributed by atoms with Gasteiger partial charge in [0.25, 0.3) is 5.91 Å². The molecule has 1 aliphatic heterocycles. The summed E-state index contributed by atoms with van der Waals surface area (Å²) in [6.07, 6.45) is 3.03. The number of benzene rings is 1. The van der Waals surface area contributed by atoms with E-state index >= 15 is 0 Å². The monoisotopic (exact) mass is 448 g/mol. The first kappa shape index (κ1) is 21.4. The van der Waals surface area contributed by atoms with Crippen molar-refractivity contribution in [2.24, 2.45) is 11.8 Å². The second kappa shape index (κ2) is 8.74. The molecule has 2 fully saturated rings. The molecule has 2 N–H and O–H groups in total. The Morgan fingerprint density at radius 2 is 1.83 bits per heavy atom. The predicted octanol–water partition coefficient (Wildman–Crippen LogP) is 3.31. The third-order valence-electron chi connectivity index (χ3n) is 5.43. The highest BCUT2D eigenvalue weighted by Gasteiger charge is 2.28. The van der Waals surface area contributed by atoms with Gasteiger partial charge in [0.2, 0.25) is 10.0 Å². The zero-order valence-electron chi connectivity index (χ0n) is 17.3. The van der Waals surface area contributed by atoms with Gasteiger partial charge in [0, 0.05) is 36.6 Å². The number of hydrogen-bond donors (Lipinski definition) is 2. The van der Waals surface area contributed by atoms with Crippen LogP contribution in [-0.4, -0.2) is 43.3 Å². The van der Waals surface area contributed by atoms with E-state index in [1.165, 1.54) is 42.0 Å². The molecule has 1 saturated heterocycles. The molecule has 9 heteroatoms. The number of carbonyl (C=O) groups excluding carboxylic acids is 1. The molecule has 4 rings (SSSR count). The number of likely N-dealkylation sites (tertiary alicyclic amines) is 1. The summed E-state index contributed by atoms with van der Waals surface area (Å²) in [6.45, 7) is 7.52. The van der Waals surface area contributed by atoms with Gasteiger partial charge in [-0.15, -0.1) is 11.3 Å². The Balaban J connectivity index is 1.35. The lowest BCUT2D eigenvalue weighted by atomic mass is 9.92. The Bertz CT molecular complexity index is 990. The van der Waals surface area contributed by atoms with Gasteiger partial charge in [-0.2, -0.15) is 0 Å². The van der Waals surface area contributed by atoms with Crippen LogP contribution in [0.4, 0.5) is 5.13 Å². The first-order chi connectivity index (χ1) is 14.3. The second-order valence-electron chi connectivity index (χ2n) is 8.66. The second-order valence-corrected chi connectivity index (χ2v) is 11.2. The highest BCUT2D eigenvalue weighted by Crippen LogP contribution is 2.25. The summed E-state index contributed by atoms with van der Waals surface area (Å²) in [4.78, 5) is 19.7. The van der Waals surface area contributed by atoms with Crippen molar-refractivity contribution in [3.8, 4) is 0 Å². The van der Waals surface area contributed by atoms with E-state index in [2.05, 4.69) is 33.8 Å². The number of amides is 1. The van der Waals surface area contributed by atoms with Gasteiger partial charge >= 0.3 is 0 Å². The van der Waals surface area contributed by atoms with Crippen LogP contribution in [0.15, 0.2) is 34.5 Å². The van der Waals surface area contributed by atoms with Crippen LogP contribution >= 0.6 is 11.3 Å². The largest absolute Gasteiger partial charge is 0.298 e. The molecule has 1 aliphatic carbocycles. The van der Waals surface area contributed by atoms with E-state index in [0.717, 1.165) is 38.2 Å². The molecular weight excluding hydrogens is 420 g/mol. The highest BCUT2D eigenvalue weighted by molar-refractivity contribution is 7.89.